The van der Waals surface area contributed by atoms with Crippen LogP contribution in [0.25, 0.3) is 11.1 Å². The van der Waals surface area contributed by atoms with E-state index < -0.39 is 48.1 Å². The highest BCUT2D eigenvalue weighted by molar-refractivity contribution is 9.10. The summed E-state index contributed by atoms with van der Waals surface area (Å²) in [5.74, 6) is -1.92. The topological polar surface area (TPSA) is 136 Å². The first-order valence-corrected chi connectivity index (χ1v) is 9.26. The first-order chi connectivity index (χ1) is 13.7. The van der Waals surface area contributed by atoms with Gasteiger partial charge in [-0.05, 0) is 15.9 Å². The summed E-state index contributed by atoms with van der Waals surface area (Å²) in [4.78, 5) is 50.8. The fraction of sp³-hybridized carbons (Fsp3) is 0.471. The van der Waals surface area contributed by atoms with E-state index in [1.165, 1.54) is 27.0 Å². The molecule has 0 bridgehead atoms. The molecular formula is C17H17BrN2O9. The fourth-order valence-electron chi connectivity index (χ4n) is 2.99. The van der Waals surface area contributed by atoms with E-state index in [9.17, 15) is 19.2 Å². The molecule has 2 aromatic rings. The minimum Gasteiger partial charge on any atom is -0.463 e. The molecule has 29 heavy (non-hydrogen) atoms. The monoisotopic (exact) mass is 472 g/mol. The van der Waals surface area contributed by atoms with Gasteiger partial charge in [0.05, 0.1) is 5.39 Å². The van der Waals surface area contributed by atoms with Crippen molar-refractivity contribution in [2.24, 2.45) is 0 Å². The van der Waals surface area contributed by atoms with Crippen LogP contribution in [0.1, 0.15) is 27.0 Å². The minimum atomic E-state index is -1.18. The van der Waals surface area contributed by atoms with Crippen molar-refractivity contribution in [2.75, 3.05) is 6.61 Å². The molecule has 1 aliphatic heterocycles. The molecule has 156 valence electrons. The normalized spacial score (nSPS) is 23.7. The summed E-state index contributed by atoms with van der Waals surface area (Å²) >= 11 is 3.16. The van der Waals surface area contributed by atoms with E-state index in [0.717, 1.165) is 4.57 Å². The molecule has 0 saturated carbocycles. The zero-order valence-electron chi connectivity index (χ0n) is 15.6. The van der Waals surface area contributed by atoms with Gasteiger partial charge < -0.3 is 23.4 Å². The first-order valence-electron chi connectivity index (χ1n) is 8.47. The van der Waals surface area contributed by atoms with Gasteiger partial charge in [-0.15, -0.1) is 0 Å². The molecule has 1 fully saturated rings. The molecule has 4 atom stereocenters. The van der Waals surface area contributed by atoms with E-state index in [1.807, 2.05) is 0 Å². The molecule has 0 aliphatic carbocycles. The smallest absolute Gasteiger partial charge is 0.353 e. The molecule has 0 N–H and O–H groups in total. The van der Waals surface area contributed by atoms with Crippen LogP contribution in [0.15, 0.2) is 26.1 Å². The number of aromatic nitrogens is 2. The molecule has 11 nitrogen and oxygen atoms in total. The molecule has 1 aliphatic rings. The molecule has 0 unspecified atom stereocenters. The summed E-state index contributed by atoms with van der Waals surface area (Å²) in [6.07, 6.45) is -3.03. The molecule has 3 rings (SSSR count). The van der Waals surface area contributed by atoms with Crippen LogP contribution in [0, 0.1) is 0 Å². The zero-order chi connectivity index (χ0) is 21.3. The zero-order valence-corrected chi connectivity index (χ0v) is 17.2. The average molecular weight is 473 g/mol. The number of hydrogen-bond donors (Lipinski definition) is 0. The van der Waals surface area contributed by atoms with Crippen LogP contribution in [0.4, 0.5) is 0 Å². The van der Waals surface area contributed by atoms with Gasteiger partial charge in [0.1, 0.15) is 12.7 Å². The number of ether oxygens (including phenoxy) is 4. The van der Waals surface area contributed by atoms with Gasteiger partial charge in [-0.2, -0.15) is 4.98 Å². The van der Waals surface area contributed by atoms with Crippen molar-refractivity contribution < 1.29 is 37.7 Å². The quantitative estimate of drug-likeness (QED) is 0.458. The van der Waals surface area contributed by atoms with Crippen molar-refractivity contribution in [3.05, 3.63) is 27.4 Å². The molecule has 0 spiro atoms. The number of halogens is 1. The Morgan fingerprint density at radius 1 is 1.14 bits per heavy atom. The molecular weight excluding hydrogens is 456 g/mol. The van der Waals surface area contributed by atoms with Gasteiger partial charge in [-0.3, -0.25) is 19.0 Å². The molecule has 3 heterocycles. The Kier molecular flexibility index (Phi) is 6.03. The second-order valence-corrected chi connectivity index (χ2v) is 7.04. The Morgan fingerprint density at radius 3 is 2.41 bits per heavy atom. The molecule has 12 heteroatoms. The SMILES string of the molecule is CC(=O)OC[C@H]1O[C@@H](n2cc3cc(Br)oc3nc2=O)[C@@H](OC(C)=O)[C@@H]1OC(C)=O. The van der Waals surface area contributed by atoms with Gasteiger partial charge >= 0.3 is 23.6 Å². The van der Waals surface area contributed by atoms with E-state index >= 15 is 0 Å². The maximum atomic E-state index is 12.5. The number of carbonyl (C=O) groups is 3. The van der Waals surface area contributed by atoms with Crippen LogP contribution in [0.5, 0.6) is 0 Å². The van der Waals surface area contributed by atoms with E-state index in [-0.39, 0.29) is 12.3 Å². The first kappa shape index (κ1) is 21.0. The highest BCUT2D eigenvalue weighted by Crippen LogP contribution is 2.34. The number of nitrogens with zero attached hydrogens (tertiary/aromatic N) is 2. The summed E-state index contributed by atoms with van der Waals surface area (Å²) < 4.78 is 28.1. The number of fused-ring (bicyclic) bond motifs is 1. The van der Waals surface area contributed by atoms with Crippen LogP contribution in [-0.4, -0.2) is 52.4 Å². The lowest BCUT2D eigenvalue weighted by Gasteiger charge is -2.23. The van der Waals surface area contributed by atoms with E-state index in [0.29, 0.717) is 10.1 Å². The van der Waals surface area contributed by atoms with Crippen molar-refractivity contribution in [1.29, 1.82) is 0 Å². The van der Waals surface area contributed by atoms with Crippen LogP contribution in [-0.2, 0) is 33.3 Å². The molecule has 0 radical (unpaired) electrons. The molecule has 1 saturated heterocycles. The fourth-order valence-corrected chi connectivity index (χ4v) is 3.39. The van der Waals surface area contributed by atoms with Crippen molar-refractivity contribution in [2.45, 2.75) is 45.3 Å². The number of carbonyl (C=O) groups excluding carboxylic acids is 3. The summed E-state index contributed by atoms with van der Waals surface area (Å²) in [7, 11) is 0. The largest absolute Gasteiger partial charge is 0.463 e. The Labute approximate surface area is 172 Å². The molecule has 0 aromatic carbocycles. The summed E-state index contributed by atoms with van der Waals surface area (Å²) in [6, 6.07) is 1.59. The van der Waals surface area contributed by atoms with Gasteiger partial charge in [0.15, 0.2) is 23.1 Å². The van der Waals surface area contributed by atoms with Crippen LogP contribution >= 0.6 is 15.9 Å². The van der Waals surface area contributed by atoms with E-state index in [2.05, 4.69) is 20.9 Å². The lowest BCUT2D eigenvalue weighted by molar-refractivity contribution is -0.166. The number of hydrogen-bond acceptors (Lipinski definition) is 10. The van der Waals surface area contributed by atoms with Crippen molar-refractivity contribution in [1.82, 2.24) is 9.55 Å². The summed E-state index contributed by atoms with van der Waals surface area (Å²) in [5, 5.41) is 0.481. The van der Waals surface area contributed by atoms with Crippen LogP contribution < -0.4 is 5.69 Å². The van der Waals surface area contributed by atoms with Gasteiger partial charge in [0.25, 0.3) is 0 Å². The second kappa shape index (κ2) is 8.33. The van der Waals surface area contributed by atoms with E-state index in [4.69, 9.17) is 23.4 Å². The maximum absolute atomic E-state index is 12.5. The maximum Gasteiger partial charge on any atom is 0.353 e. The van der Waals surface area contributed by atoms with Gasteiger partial charge in [0.2, 0.25) is 5.71 Å². The van der Waals surface area contributed by atoms with Crippen molar-refractivity contribution >= 4 is 44.9 Å². The third-order valence-corrected chi connectivity index (χ3v) is 4.41. The predicted octanol–water partition coefficient (Wildman–Crippen LogP) is 1.08. The highest BCUT2D eigenvalue weighted by Gasteiger charge is 2.51. The summed E-state index contributed by atoms with van der Waals surface area (Å²) in [5.41, 5.74) is -0.635. The third-order valence-electron chi connectivity index (χ3n) is 4.02. The Hall–Kier alpha value is -2.73. The minimum absolute atomic E-state index is 0.105. The van der Waals surface area contributed by atoms with Gasteiger partial charge in [-0.1, -0.05) is 0 Å². The highest BCUT2D eigenvalue weighted by atomic mass is 79.9. The predicted molar refractivity (Wildman–Crippen MR) is 97.6 cm³/mol. The standard InChI is InChI=1S/C17H17BrN2O9/c1-7(21)25-6-11-13(26-8(2)22)14(27-9(3)23)16(28-11)20-5-10-4-12(18)29-15(10)19-17(20)24/h4-5,11,13-14,16H,6H2,1-3H3/t11-,13-,14+,16-/m1/s1. The number of esters is 3. The number of rotatable bonds is 5. The van der Waals surface area contributed by atoms with Crippen molar-refractivity contribution in [3.63, 3.8) is 0 Å². The van der Waals surface area contributed by atoms with Crippen molar-refractivity contribution in [3.8, 4) is 0 Å². The number of furan rings is 1. The Balaban J connectivity index is 2.03. The van der Waals surface area contributed by atoms with Gasteiger partial charge in [0, 0.05) is 33.0 Å². The van der Waals surface area contributed by atoms with Gasteiger partial charge in [-0.25, -0.2) is 4.79 Å². The molecule has 0 amide bonds. The van der Waals surface area contributed by atoms with Crippen LogP contribution in [0.2, 0.25) is 0 Å². The van der Waals surface area contributed by atoms with E-state index in [1.54, 1.807) is 6.07 Å². The Bertz CT molecular complexity index is 1010. The average Bonchev–Trinajstić information content (AvgIpc) is 3.11. The lowest BCUT2D eigenvalue weighted by Crippen LogP contribution is -2.41. The summed E-state index contributed by atoms with van der Waals surface area (Å²) in [6.45, 7) is 3.27. The third kappa shape index (κ3) is 4.65. The molecule has 2 aromatic heterocycles. The Morgan fingerprint density at radius 2 is 1.79 bits per heavy atom. The second-order valence-electron chi connectivity index (χ2n) is 6.26. The lowest BCUT2D eigenvalue weighted by atomic mass is 10.1. The van der Waals surface area contributed by atoms with Crippen LogP contribution in [0.3, 0.4) is 0 Å².